The molecule has 0 fully saturated rings. The summed E-state index contributed by atoms with van der Waals surface area (Å²) < 4.78 is 0. The molecule has 2 heterocycles. The number of fused-ring (bicyclic) bond motifs is 8. The lowest BCUT2D eigenvalue weighted by Gasteiger charge is -2.40. The second kappa shape index (κ2) is 16.9. The van der Waals surface area contributed by atoms with E-state index in [-0.39, 0.29) is 0 Å². The lowest BCUT2D eigenvalue weighted by atomic mass is 9.85. The van der Waals surface area contributed by atoms with Crippen molar-refractivity contribution in [2.75, 3.05) is 19.6 Å². The fourth-order valence-electron chi connectivity index (χ4n) is 11.9. The van der Waals surface area contributed by atoms with Gasteiger partial charge in [0.05, 0.1) is 45.5 Å². The molecule has 0 amide bonds. The van der Waals surface area contributed by atoms with E-state index in [1.807, 2.05) is 0 Å². The summed E-state index contributed by atoms with van der Waals surface area (Å²) in [5, 5.41) is 9.67. The molecule has 0 N–H and O–H groups in total. The summed E-state index contributed by atoms with van der Waals surface area (Å²) >= 11 is 0. The molecule has 0 aromatic heterocycles. The van der Waals surface area contributed by atoms with Crippen LogP contribution in [0.2, 0.25) is 0 Å². The van der Waals surface area contributed by atoms with Crippen molar-refractivity contribution in [2.24, 2.45) is 0 Å². The Kier molecular flexibility index (Phi) is 9.54. The Labute approximate surface area is 430 Å². The molecule has 15 rings (SSSR count). The molecule has 4 heteroatoms. The standard InChI is InChI=1S/C70H46N4/c1-3-21-49(22-4-1)69-57-41-39-56(74-67-33-17-13-29-63(67)72(64-30-14-18-34-68(64)74)54-38-36-48-20-8-10-26-52(48)44-54)46-60(57)70(50-23-5-2-6-24-50)58-42-40-55(45-59(58)69)73-65-31-15-11-27-61(65)71(62-28-12-16-32-66(62)73)53-37-35-47-19-7-9-25-51(47)43-53/h1-46H. The molecule has 0 saturated carbocycles. The minimum atomic E-state index is 1.10. The molecule has 2 aliphatic rings. The molecule has 346 valence electrons. The maximum Gasteiger partial charge on any atom is 0.0703 e. The van der Waals surface area contributed by atoms with E-state index < -0.39 is 0 Å². The third-order valence-corrected chi connectivity index (χ3v) is 15.2. The summed E-state index contributed by atoms with van der Waals surface area (Å²) in [6.07, 6.45) is 0. The smallest absolute Gasteiger partial charge is 0.0703 e. The molecule has 0 spiro atoms. The zero-order valence-corrected chi connectivity index (χ0v) is 40.3. The topological polar surface area (TPSA) is 13.0 Å². The Hall–Kier alpha value is -9.90. The van der Waals surface area contributed by atoms with E-state index in [2.05, 4.69) is 299 Å². The van der Waals surface area contributed by atoms with E-state index in [1.54, 1.807) is 0 Å². The van der Waals surface area contributed by atoms with Gasteiger partial charge in [0.15, 0.2) is 0 Å². The van der Waals surface area contributed by atoms with Crippen LogP contribution in [0, 0.1) is 0 Å². The number of benzene rings is 13. The van der Waals surface area contributed by atoms with Gasteiger partial charge in [-0.3, -0.25) is 0 Å². The molecule has 2 aliphatic heterocycles. The highest BCUT2D eigenvalue weighted by molar-refractivity contribution is 6.23. The van der Waals surface area contributed by atoms with Crippen LogP contribution in [0.15, 0.2) is 279 Å². The second-order valence-corrected chi connectivity index (χ2v) is 19.3. The van der Waals surface area contributed by atoms with E-state index in [0.29, 0.717) is 0 Å². The monoisotopic (exact) mass is 942 g/mol. The van der Waals surface area contributed by atoms with Gasteiger partial charge in [-0.2, -0.15) is 0 Å². The number of hydrogen-bond donors (Lipinski definition) is 0. The Bertz CT molecular complexity index is 3980. The number of rotatable bonds is 6. The number of hydrogen-bond acceptors (Lipinski definition) is 4. The van der Waals surface area contributed by atoms with E-state index in [0.717, 1.165) is 68.2 Å². The molecular formula is C70H46N4. The Morgan fingerprint density at radius 2 is 0.432 bits per heavy atom. The van der Waals surface area contributed by atoms with E-state index in [4.69, 9.17) is 0 Å². The second-order valence-electron chi connectivity index (χ2n) is 19.3. The van der Waals surface area contributed by atoms with E-state index >= 15 is 0 Å². The lowest BCUT2D eigenvalue weighted by Crippen LogP contribution is -2.24. The molecule has 13 aromatic carbocycles. The first-order chi connectivity index (χ1) is 36.7. The molecule has 0 unspecified atom stereocenters. The number of anilines is 12. The fraction of sp³-hybridized carbons (Fsp3) is 0. The normalized spacial score (nSPS) is 12.8. The molecule has 0 aliphatic carbocycles. The minimum Gasteiger partial charge on any atom is -0.306 e. The first kappa shape index (κ1) is 41.8. The van der Waals surface area contributed by atoms with Gasteiger partial charge in [0.2, 0.25) is 0 Å². The predicted molar refractivity (Wildman–Crippen MR) is 313 cm³/mol. The van der Waals surface area contributed by atoms with Crippen LogP contribution in [0.25, 0.3) is 65.3 Å². The maximum atomic E-state index is 2.46. The Morgan fingerprint density at radius 1 is 0.176 bits per heavy atom. The zero-order valence-electron chi connectivity index (χ0n) is 40.3. The summed E-state index contributed by atoms with van der Waals surface area (Å²) in [5.41, 5.74) is 18.2. The Morgan fingerprint density at radius 3 is 0.757 bits per heavy atom. The van der Waals surface area contributed by atoms with Crippen molar-refractivity contribution in [1.82, 2.24) is 0 Å². The predicted octanol–water partition coefficient (Wildman–Crippen LogP) is 20.1. The fourth-order valence-corrected chi connectivity index (χ4v) is 11.9. The van der Waals surface area contributed by atoms with Crippen molar-refractivity contribution in [3.8, 4) is 22.3 Å². The van der Waals surface area contributed by atoms with Gasteiger partial charge in [0.25, 0.3) is 0 Å². The van der Waals surface area contributed by atoms with Gasteiger partial charge >= 0.3 is 0 Å². The van der Waals surface area contributed by atoms with E-state index in [1.165, 1.54) is 65.3 Å². The van der Waals surface area contributed by atoms with Crippen molar-refractivity contribution in [1.29, 1.82) is 0 Å². The summed E-state index contributed by atoms with van der Waals surface area (Å²) in [4.78, 5) is 9.75. The van der Waals surface area contributed by atoms with Crippen molar-refractivity contribution in [3.05, 3.63) is 279 Å². The SMILES string of the molecule is c1ccc(-c2c3ccc(N4c5ccccc5N(c5ccc6ccccc6c5)c5ccccc54)cc3c(-c3ccccc3)c3ccc(N4c5ccccc5N(c5ccc6ccccc6c5)c5ccccc54)cc23)cc1. The van der Waals surface area contributed by atoms with Crippen LogP contribution in [-0.2, 0) is 0 Å². The zero-order chi connectivity index (χ0) is 48.7. The van der Waals surface area contributed by atoms with Crippen LogP contribution in [0.5, 0.6) is 0 Å². The third kappa shape index (κ3) is 6.55. The highest BCUT2D eigenvalue weighted by Gasteiger charge is 2.33. The first-order valence-electron chi connectivity index (χ1n) is 25.4. The average molecular weight is 943 g/mol. The maximum absolute atomic E-state index is 2.46. The van der Waals surface area contributed by atoms with Gasteiger partial charge in [-0.05, 0) is 162 Å². The molecule has 0 bridgehead atoms. The van der Waals surface area contributed by atoms with Gasteiger partial charge in [-0.15, -0.1) is 0 Å². The van der Waals surface area contributed by atoms with Gasteiger partial charge in [-0.1, -0.05) is 182 Å². The summed E-state index contributed by atoms with van der Waals surface area (Å²) in [6, 6.07) is 102. The van der Waals surface area contributed by atoms with Crippen LogP contribution >= 0.6 is 0 Å². The van der Waals surface area contributed by atoms with Crippen LogP contribution in [0.4, 0.5) is 68.2 Å². The largest absolute Gasteiger partial charge is 0.306 e. The highest BCUT2D eigenvalue weighted by Crippen LogP contribution is 2.58. The van der Waals surface area contributed by atoms with Crippen LogP contribution in [-0.4, -0.2) is 0 Å². The molecule has 0 radical (unpaired) electrons. The Balaban J connectivity index is 0.948. The summed E-state index contributed by atoms with van der Waals surface area (Å²) in [6.45, 7) is 0. The van der Waals surface area contributed by atoms with Crippen LogP contribution in [0.1, 0.15) is 0 Å². The molecule has 4 nitrogen and oxygen atoms in total. The van der Waals surface area contributed by atoms with Crippen molar-refractivity contribution in [2.45, 2.75) is 0 Å². The molecule has 0 atom stereocenters. The quantitative estimate of drug-likeness (QED) is 0.154. The number of nitrogens with zero attached hydrogens (tertiary/aromatic N) is 4. The first-order valence-corrected chi connectivity index (χ1v) is 25.4. The molecule has 13 aromatic rings. The van der Waals surface area contributed by atoms with E-state index in [9.17, 15) is 0 Å². The molecule has 74 heavy (non-hydrogen) atoms. The van der Waals surface area contributed by atoms with Crippen molar-refractivity contribution >= 4 is 111 Å². The van der Waals surface area contributed by atoms with Gasteiger partial charge in [0.1, 0.15) is 0 Å². The van der Waals surface area contributed by atoms with Gasteiger partial charge in [-0.25, -0.2) is 0 Å². The molecule has 0 saturated heterocycles. The minimum absolute atomic E-state index is 1.10. The summed E-state index contributed by atoms with van der Waals surface area (Å²) in [5.74, 6) is 0. The van der Waals surface area contributed by atoms with Gasteiger partial charge < -0.3 is 19.6 Å². The van der Waals surface area contributed by atoms with Crippen molar-refractivity contribution < 1.29 is 0 Å². The van der Waals surface area contributed by atoms with Gasteiger partial charge in [0, 0.05) is 22.7 Å². The average Bonchev–Trinajstić information content (AvgIpc) is 3.47. The molecular weight excluding hydrogens is 897 g/mol. The van der Waals surface area contributed by atoms with Crippen LogP contribution in [0.3, 0.4) is 0 Å². The highest BCUT2D eigenvalue weighted by atomic mass is 15.3. The number of para-hydroxylation sites is 8. The lowest BCUT2D eigenvalue weighted by molar-refractivity contribution is 1.17. The third-order valence-electron chi connectivity index (χ3n) is 15.2. The summed E-state index contributed by atoms with van der Waals surface area (Å²) in [7, 11) is 0. The van der Waals surface area contributed by atoms with Crippen LogP contribution < -0.4 is 19.6 Å². The van der Waals surface area contributed by atoms with Crippen molar-refractivity contribution in [3.63, 3.8) is 0 Å².